The van der Waals surface area contributed by atoms with E-state index in [2.05, 4.69) is 0 Å². The molecule has 0 aliphatic heterocycles. The van der Waals surface area contributed by atoms with E-state index < -0.39 is 0 Å². The molecule has 0 amide bonds. The van der Waals surface area contributed by atoms with Gasteiger partial charge in [-0.15, -0.1) is 0 Å². The lowest BCUT2D eigenvalue weighted by Crippen LogP contribution is -1.88. The quantitative estimate of drug-likeness (QED) is 0.749. The predicted octanol–water partition coefficient (Wildman–Crippen LogP) is 3.48. The maximum Gasteiger partial charge on any atom is 0.150 e. The van der Waals surface area contributed by atoms with Gasteiger partial charge >= 0.3 is 0 Å². The molecule has 2 rings (SSSR count). The van der Waals surface area contributed by atoms with Crippen molar-refractivity contribution in [1.29, 1.82) is 0 Å². The monoisotopic (exact) mass is 226 g/mol. The first-order valence-corrected chi connectivity index (χ1v) is 5.45. The van der Waals surface area contributed by atoms with Gasteiger partial charge in [0.05, 0.1) is 7.11 Å². The summed E-state index contributed by atoms with van der Waals surface area (Å²) in [6.07, 6.45) is 0.863. The first-order valence-electron chi connectivity index (χ1n) is 5.45. The first-order chi connectivity index (χ1) is 8.24. The second kappa shape index (κ2) is 4.83. The van der Waals surface area contributed by atoms with Crippen molar-refractivity contribution in [1.82, 2.24) is 0 Å². The minimum Gasteiger partial charge on any atom is -0.497 e. The Balaban J connectivity index is 2.48. The third-order valence-electron chi connectivity index (χ3n) is 2.77. The van der Waals surface area contributed by atoms with E-state index >= 15 is 0 Å². The number of carbonyl (C=O) groups is 1. The molecule has 0 saturated heterocycles. The molecule has 0 fully saturated rings. The Morgan fingerprint density at radius 2 is 1.94 bits per heavy atom. The number of hydrogen-bond donors (Lipinski definition) is 0. The van der Waals surface area contributed by atoms with Gasteiger partial charge in [0.2, 0.25) is 0 Å². The zero-order chi connectivity index (χ0) is 12.3. The number of methoxy groups -OCH3 is 1. The number of benzene rings is 2. The lowest BCUT2D eigenvalue weighted by Gasteiger charge is -2.08. The summed E-state index contributed by atoms with van der Waals surface area (Å²) in [7, 11) is 1.65. The third-order valence-corrected chi connectivity index (χ3v) is 2.77. The van der Waals surface area contributed by atoms with Crippen LogP contribution in [0.5, 0.6) is 5.75 Å². The topological polar surface area (TPSA) is 26.3 Å². The number of hydrogen-bond acceptors (Lipinski definition) is 2. The van der Waals surface area contributed by atoms with Gasteiger partial charge in [0.25, 0.3) is 0 Å². The third kappa shape index (κ3) is 2.36. The molecule has 2 aromatic rings. The summed E-state index contributed by atoms with van der Waals surface area (Å²) in [5, 5.41) is 0. The lowest BCUT2D eigenvalue weighted by molar-refractivity contribution is 0.112. The summed E-state index contributed by atoms with van der Waals surface area (Å²) in [5.74, 6) is 0.845. The van der Waals surface area contributed by atoms with Crippen molar-refractivity contribution in [3.63, 3.8) is 0 Å². The fraction of sp³-hybridized carbons (Fsp3) is 0.133. The van der Waals surface area contributed by atoms with Gasteiger partial charge < -0.3 is 4.74 Å². The summed E-state index contributed by atoms with van der Waals surface area (Å²) in [5.41, 5.74) is 3.99. The highest BCUT2D eigenvalue weighted by molar-refractivity contribution is 5.79. The molecule has 0 saturated carbocycles. The van der Waals surface area contributed by atoms with Crippen LogP contribution in [0.3, 0.4) is 0 Å². The molecule has 2 heteroatoms. The normalized spacial score (nSPS) is 10.0. The summed E-state index contributed by atoms with van der Waals surface area (Å²) < 4.78 is 5.17. The molecule has 17 heavy (non-hydrogen) atoms. The van der Waals surface area contributed by atoms with Gasteiger partial charge in [0, 0.05) is 5.56 Å². The van der Waals surface area contributed by atoms with E-state index in [-0.39, 0.29) is 0 Å². The van der Waals surface area contributed by atoms with Crippen LogP contribution in [0, 0.1) is 6.92 Å². The van der Waals surface area contributed by atoms with Crippen LogP contribution in [-0.4, -0.2) is 13.4 Å². The van der Waals surface area contributed by atoms with E-state index in [9.17, 15) is 4.79 Å². The Morgan fingerprint density at radius 1 is 1.12 bits per heavy atom. The molecule has 2 nitrogen and oxygen atoms in total. The Labute approximate surface area is 101 Å². The van der Waals surface area contributed by atoms with Crippen LogP contribution >= 0.6 is 0 Å². The zero-order valence-corrected chi connectivity index (χ0v) is 9.94. The van der Waals surface area contributed by atoms with E-state index in [1.54, 1.807) is 13.2 Å². The Hall–Kier alpha value is -2.09. The first kappa shape index (κ1) is 11.4. The molecule has 0 unspecified atom stereocenters. The molecule has 0 N–H and O–H groups in total. The number of aldehydes is 1. The van der Waals surface area contributed by atoms with E-state index in [0.717, 1.165) is 28.7 Å². The molecule has 0 bridgehead atoms. The van der Waals surface area contributed by atoms with Gasteiger partial charge in [-0.1, -0.05) is 24.3 Å². The minimum absolute atomic E-state index is 0.692. The molecule has 0 spiro atoms. The molecule has 0 heterocycles. The summed E-state index contributed by atoms with van der Waals surface area (Å²) >= 11 is 0. The highest BCUT2D eigenvalue weighted by Gasteiger charge is 2.03. The van der Waals surface area contributed by atoms with Crippen LogP contribution in [-0.2, 0) is 0 Å². The Bertz CT molecular complexity index is 544. The molecule has 0 aliphatic rings. The van der Waals surface area contributed by atoms with Crippen LogP contribution in [0.25, 0.3) is 11.1 Å². The number of carbonyl (C=O) groups excluding carboxylic acids is 1. The smallest absolute Gasteiger partial charge is 0.150 e. The van der Waals surface area contributed by atoms with Gasteiger partial charge in [-0.05, 0) is 41.8 Å². The molecule has 0 aromatic heterocycles. The molecule has 0 aliphatic carbocycles. The largest absolute Gasteiger partial charge is 0.497 e. The highest BCUT2D eigenvalue weighted by Crippen LogP contribution is 2.27. The van der Waals surface area contributed by atoms with Crippen molar-refractivity contribution >= 4 is 6.29 Å². The average Bonchev–Trinajstić information content (AvgIpc) is 2.38. The summed E-state index contributed by atoms with van der Waals surface area (Å²) in [4.78, 5) is 10.8. The molecule has 2 aromatic carbocycles. The van der Waals surface area contributed by atoms with Crippen LogP contribution in [0.1, 0.15) is 15.9 Å². The van der Waals surface area contributed by atoms with Crippen molar-refractivity contribution in [2.45, 2.75) is 6.92 Å². The zero-order valence-electron chi connectivity index (χ0n) is 9.94. The Kier molecular flexibility index (Phi) is 3.24. The van der Waals surface area contributed by atoms with Crippen molar-refractivity contribution in [3.05, 3.63) is 53.6 Å². The molecule has 0 atom stereocenters. The minimum atomic E-state index is 0.692. The van der Waals surface area contributed by atoms with Crippen molar-refractivity contribution < 1.29 is 9.53 Å². The van der Waals surface area contributed by atoms with E-state index in [1.807, 2.05) is 43.3 Å². The summed E-state index contributed by atoms with van der Waals surface area (Å²) in [6.45, 7) is 2.03. The SMILES string of the molecule is COc1ccc(-c2cccc(C=O)c2)c(C)c1. The van der Waals surface area contributed by atoms with E-state index in [0.29, 0.717) is 5.56 Å². The fourth-order valence-corrected chi connectivity index (χ4v) is 1.87. The molecular weight excluding hydrogens is 212 g/mol. The van der Waals surface area contributed by atoms with Crippen LogP contribution in [0.2, 0.25) is 0 Å². The van der Waals surface area contributed by atoms with Gasteiger partial charge in [-0.3, -0.25) is 4.79 Å². The second-order valence-corrected chi connectivity index (χ2v) is 3.92. The van der Waals surface area contributed by atoms with Crippen molar-refractivity contribution in [3.8, 4) is 16.9 Å². The van der Waals surface area contributed by atoms with Gasteiger partial charge in [0.1, 0.15) is 12.0 Å². The lowest BCUT2D eigenvalue weighted by atomic mass is 9.99. The molecule has 86 valence electrons. The second-order valence-electron chi connectivity index (χ2n) is 3.92. The fourth-order valence-electron chi connectivity index (χ4n) is 1.87. The predicted molar refractivity (Wildman–Crippen MR) is 68.6 cm³/mol. The van der Waals surface area contributed by atoms with Gasteiger partial charge in [0.15, 0.2) is 0 Å². The maximum absolute atomic E-state index is 10.8. The van der Waals surface area contributed by atoms with Gasteiger partial charge in [-0.2, -0.15) is 0 Å². The van der Waals surface area contributed by atoms with Crippen molar-refractivity contribution in [2.75, 3.05) is 7.11 Å². The Morgan fingerprint density at radius 3 is 2.59 bits per heavy atom. The summed E-state index contributed by atoms with van der Waals surface area (Å²) in [6, 6.07) is 13.5. The highest BCUT2D eigenvalue weighted by atomic mass is 16.5. The standard InChI is InChI=1S/C15H14O2/c1-11-8-14(17-2)6-7-15(11)13-5-3-4-12(9-13)10-16/h3-10H,1-2H3. The average molecular weight is 226 g/mol. The van der Waals surface area contributed by atoms with Crippen molar-refractivity contribution in [2.24, 2.45) is 0 Å². The molecular formula is C15H14O2. The maximum atomic E-state index is 10.8. The van der Waals surface area contributed by atoms with E-state index in [4.69, 9.17) is 4.74 Å². The number of rotatable bonds is 3. The molecule has 0 radical (unpaired) electrons. The van der Waals surface area contributed by atoms with E-state index in [1.165, 1.54) is 0 Å². The van der Waals surface area contributed by atoms with Crippen LogP contribution in [0.15, 0.2) is 42.5 Å². The number of aryl methyl sites for hydroxylation is 1. The van der Waals surface area contributed by atoms with Crippen LogP contribution < -0.4 is 4.74 Å². The van der Waals surface area contributed by atoms with Crippen LogP contribution in [0.4, 0.5) is 0 Å². The van der Waals surface area contributed by atoms with Gasteiger partial charge in [-0.25, -0.2) is 0 Å². The number of ether oxygens (including phenoxy) is 1.